The Kier molecular flexibility index (Phi) is 13.9. The van der Waals surface area contributed by atoms with Crippen molar-refractivity contribution in [1.82, 2.24) is 29.8 Å². The van der Waals surface area contributed by atoms with Crippen molar-refractivity contribution in [3.8, 4) is 40.3 Å². The van der Waals surface area contributed by atoms with Crippen LogP contribution in [0.2, 0.25) is 5.02 Å². The van der Waals surface area contributed by atoms with Crippen molar-refractivity contribution in [2.24, 2.45) is 0 Å². The maximum atomic E-state index is 18.2. The predicted octanol–water partition coefficient (Wildman–Crippen LogP) is 11.3. The Bertz CT molecular complexity index is 3180. The number of anilines is 3. The summed E-state index contributed by atoms with van der Waals surface area (Å²) in [5.74, 6) is -1.90. The van der Waals surface area contributed by atoms with E-state index in [-0.39, 0.29) is 61.2 Å². The molecule has 10 rings (SSSR count). The highest BCUT2D eigenvalue weighted by molar-refractivity contribution is 6.36. The van der Waals surface area contributed by atoms with Gasteiger partial charge in [0.1, 0.15) is 59.8 Å². The lowest BCUT2D eigenvalue weighted by Gasteiger charge is -2.46. The second-order valence-electron chi connectivity index (χ2n) is 18.9. The Morgan fingerprint density at radius 2 is 1.49 bits per heavy atom. The molecule has 3 aliphatic rings. The molecule has 6 heterocycles. The molecule has 392 valence electrons. The van der Waals surface area contributed by atoms with Crippen molar-refractivity contribution in [2.75, 3.05) is 69.3 Å². The van der Waals surface area contributed by atoms with E-state index in [1.807, 2.05) is 55.5 Å². The molecule has 0 spiro atoms. The highest BCUT2D eigenvalue weighted by Crippen LogP contribution is 2.52. The largest absolute Gasteiger partial charge is 0.497 e. The summed E-state index contributed by atoms with van der Waals surface area (Å²) in [6.07, 6.45) is -2.09. The van der Waals surface area contributed by atoms with Crippen LogP contribution in [0.5, 0.6) is 29.0 Å². The highest BCUT2D eigenvalue weighted by atomic mass is 35.5. The third-order valence-electron chi connectivity index (χ3n) is 14.2. The van der Waals surface area contributed by atoms with Crippen molar-refractivity contribution in [2.45, 2.75) is 70.0 Å². The molecule has 75 heavy (non-hydrogen) atoms. The zero-order valence-electron chi connectivity index (χ0n) is 41.6. The number of rotatable bonds is 17. The lowest BCUT2D eigenvalue weighted by atomic mass is 9.85. The number of methoxy groups -OCH3 is 3. The SMILES string of the molecule is COc1ccc(CNc2ncncc2[C@@H](C)N2CCOc3c(Cl)c(-c4nc(N(Cc5ccc(OC)cc5)Cc5ccc(OC)cc5)cc(C)c4C(F)(F)F)c(F)c4nc(OC[C@]56CCN5CC(F)(F)C6)nc2c34)cc1. The maximum absolute atomic E-state index is 18.2. The second-order valence-corrected chi connectivity index (χ2v) is 19.3. The number of halogens is 7. The number of ether oxygens (including phenoxy) is 5. The standard InChI is InChI=1S/C54H52ClF6N9O5/c1-31-22-40(68(25-34-8-14-37(72-4)15-9-34)26-35-10-16-38(73-5)17-11-35)65-46(43(31)54(59,60)61)41-44(55)48-42-47(45(41)56)66-51(75-29-52-18-19-69(52)28-53(57,58)27-52)67-50(42)70(20-21-74-48)32(2)39-24-62-30-64-49(39)63-23-33-6-12-36(71-3)13-7-33/h6-17,22,24,30,32H,18-21,23,25-29H2,1-5H3,(H,62,63,64)/t32-,52-/m1/s1. The fraction of sp³-hybridized carbons (Fsp3) is 0.352. The molecular formula is C54H52ClF6N9O5. The molecule has 1 N–H and O–H groups in total. The molecule has 2 atom stereocenters. The van der Waals surface area contributed by atoms with Crippen molar-refractivity contribution >= 4 is 40.0 Å². The monoisotopic (exact) mass is 1060 g/mol. The third kappa shape index (κ3) is 10.2. The molecule has 0 radical (unpaired) electrons. The first-order valence-electron chi connectivity index (χ1n) is 24.1. The van der Waals surface area contributed by atoms with Gasteiger partial charge in [-0.2, -0.15) is 23.1 Å². The Morgan fingerprint density at radius 1 is 0.867 bits per heavy atom. The summed E-state index contributed by atoms with van der Waals surface area (Å²) in [6.45, 7) is 3.54. The van der Waals surface area contributed by atoms with Gasteiger partial charge in [-0.1, -0.05) is 48.0 Å². The van der Waals surface area contributed by atoms with Crippen molar-refractivity contribution in [3.05, 3.63) is 136 Å². The quantitative estimate of drug-likeness (QED) is 0.0868. The van der Waals surface area contributed by atoms with Crippen molar-refractivity contribution in [3.63, 3.8) is 0 Å². The molecule has 14 nitrogen and oxygen atoms in total. The van der Waals surface area contributed by atoms with E-state index < -0.39 is 75.8 Å². The van der Waals surface area contributed by atoms with Gasteiger partial charge in [0.15, 0.2) is 11.6 Å². The van der Waals surface area contributed by atoms with E-state index in [0.29, 0.717) is 48.1 Å². The van der Waals surface area contributed by atoms with Crippen LogP contribution in [-0.4, -0.2) is 95.5 Å². The predicted molar refractivity (Wildman–Crippen MR) is 271 cm³/mol. The molecule has 0 amide bonds. The molecule has 0 bridgehead atoms. The zero-order valence-corrected chi connectivity index (χ0v) is 42.3. The van der Waals surface area contributed by atoms with Gasteiger partial charge in [0.05, 0.1) is 73.2 Å². The molecule has 4 aromatic carbocycles. The van der Waals surface area contributed by atoms with E-state index in [1.54, 1.807) is 52.3 Å². The fourth-order valence-corrected chi connectivity index (χ4v) is 10.5. The summed E-state index contributed by atoms with van der Waals surface area (Å²) >= 11 is 7.24. The van der Waals surface area contributed by atoms with Crippen LogP contribution in [0.15, 0.2) is 91.4 Å². The summed E-state index contributed by atoms with van der Waals surface area (Å²) in [5, 5.41) is 2.82. The van der Waals surface area contributed by atoms with Gasteiger partial charge in [-0.3, -0.25) is 4.90 Å². The number of aromatic nitrogens is 5. The average Bonchev–Trinajstić information content (AvgIpc) is 3.49. The minimum Gasteiger partial charge on any atom is -0.497 e. The molecule has 2 saturated heterocycles. The minimum absolute atomic E-state index is 0.0551. The van der Waals surface area contributed by atoms with Crippen LogP contribution >= 0.6 is 11.6 Å². The molecule has 0 unspecified atom stereocenters. The van der Waals surface area contributed by atoms with Crippen LogP contribution in [0.25, 0.3) is 22.2 Å². The number of benzene rings is 4. The topological polar surface area (TPSA) is 132 Å². The lowest BCUT2D eigenvalue weighted by Crippen LogP contribution is -2.59. The number of aryl methyl sites for hydroxylation is 1. The van der Waals surface area contributed by atoms with Gasteiger partial charge in [0.25, 0.3) is 5.92 Å². The van der Waals surface area contributed by atoms with Gasteiger partial charge in [-0.05, 0) is 85.0 Å². The molecule has 0 aliphatic carbocycles. The maximum Gasteiger partial charge on any atom is 0.418 e. The number of alkyl halides is 5. The molecule has 0 saturated carbocycles. The van der Waals surface area contributed by atoms with Crippen LogP contribution in [0.3, 0.4) is 0 Å². The van der Waals surface area contributed by atoms with Crippen LogP contribution in [0, 0.1) is 12.7 Å². The Labute approximate surface area is 433 Å². The number of nitrogens with zero attached hydrogens (tertiary/aromatic N) is 8. The molecule has 21 heteroatoms. The highest BCUT2D eigenvalue weighted by Gasteiger charge is 2.60. The number of hydrogen-bond acceptors (Lipinski definition) is 14. The van der Waals surface area contributed by atoms with E-state index in [0.717, 1.165) is 16.7 Å². The minimum atomic E-state index is -5.06. The summed E-state index contributed by atoms with van der Waals surface area (Å²) in [5.41, 5.74) is -1.45. The smallest absolute Gasteiger partial charge is 0.418 e. The van der Waals surface area contributed by atoms with E-state index in [9.17, 15) is 8.78 Å². The first kappa shape index (κ1) is 51.2. The first-order valence-corrected chi connectivity index (χ1v) is 24.5. The second kappa shape index (κ2) is 20.4. The van der Waals surface area contributed by atoms with Gasteiger partial charge < -0.3 is 38.8 Å². The van der Waals surface area contributed by atoms with Crippen molar-refractivity contribution < 1.29 is 50.0 Å². The number of hydrogen-bond donors (Lipinski definition) is 1. The first-order chi connectivity index (χ1) is 36.0. The molecule has 3 aromatic heterocycles. The van der Waals surface area contributed by atoms with Gasteiger partial charge in [0, 0.05) is 44.4 Å². The van der Waals surface area contributed by atoms with Gasteiger partial charge in [0.2, 0.25) is 0 Å². The summed E-state index contributed by atoms with van der Waals surface area (Å²) in [7, 11) is 4.66. The Hall–Kier alpha value is -7.32. The lowest BCUT2D eigenvalue weighted by molar-refractivity contribution is -0.137. The fourth-order valence-electron chi connectivity index (χ4n) is 10.2. The molecule has 7 aromatic rings. The van der Waals surface area contributed by atoms with Crippen LogP contribution in [0.1, 0.15) is 59.2 Å². The summed E-state index contributed by atoms with van der Waals surface area (Å²) < 4.78 is 123. The normalized spacial score (nSPS) is 17.4. The van der Waals surface area contributed by atoms with E-state index in [1.165, 1.54) is 33.5 Å². The Balaban J connectivity index is 1.12. The van der Waals surface area contributed by atoms with Crippen molar-refractivity contribution in [1.29, 1.82) is 0 Å². The third-order valence-corrected chi connectivity index (χ3v) is 14.5. The van der Waals surface area contributed by atoms with Gasteiger partial charge in [-0.25, -0.2) is 28.1 Å². The van der Waals surface area contributed by atoms with Crippen LogP contribution < -0.4 is 38.8 Å². The van der Waals surface area contributed by atoms with Gasteiger partial charge in [-0.15, -0.1) is 0 Å². The van der Waals surface area contributed by atoms with Crippen LogP contribution in [0.4, 0.5) is 43.8 Å². The number of pyridine rings is 1. The summed E-state index contributed by atoms with van der Waals surface area (Å²) in [4.78, 5) is 28.1. The summed E-state index contributed by atoms with van der Waals surface area (Å²) in [6, 6.07) is 22.2. The molecule has 3 aliphatic heterocycles. The zero-order chi connectivity index (χ0) is 52.8. The number of nitrogens with one attached hydrogen (secondary N) is 1. The van der Waals surface area contributed by atoms with Crippen LogP contribution in [-0.2, 0) is 25.8 Å². The van der Waals surface area contributed by atoms with E-state index in [4.69, 9.17) is 40.3 Å². The Morgan fingerprint density at radius 3 is 2.07 bits per heavy atom. The van der Waals surface area contributed by atoms with E-state index >= 15 is 17.6 Å². The number of fused-ring (bicyclic) bond motifs is 1. The molecular weight excluding hydrogens is 1000 g/mol. The average molecular weight is 1060 g/mol. The molecule has 2 fully saturated rings. The van der Waals surface area contributed by atoms with Gasteiger partial charge >= 0.3 is 12.2 Å². The van der Waals surface area contributed by atoms with E-state index in [2.05, 4.69) is 25.3 Å².